The Kier molecular flexibility index (Phi) is 3.05. The quantitative estimate of drug-likeness (QED) is 0.818. The summed E-state index contributed by atoms with van der Waals surface area (Å²) in [5, 5.41) is 3.25. The van der Waals surface area contributed by atoms with Gasteiger partial charge in [0.25, 0.3) is 0 Å². The molecule has 2 aromatic rings. The predicted octanol–water partition coefficient (Wildman–Crippen LogP) is 1.79. The van der Waals surface area contributed by atoms with Crippen molar-refractivity contribution in [1.82, 2.24) is 15.3 Å². The molecule has 15 heavy (non-hydrogen) atoms. The Hall–Kier alpha value is -1.74. The van der Waals surface area contributed by atoms with E-state index in [1.54, 1.807) is 12.4 Å². The lowest BCUT2D eigenvalue weighted by Crippen LogP contribution is -2.17. The van der Waals surface area contributed by atoms with Gasteiger partial charge in [-0.3, -0.25) is 9.97 Å². The van der Waals surface area contributed by atoms with Crippen LogP contribution >= 0.6 is 0 Å². The summed E-state index contributed by atoms with van der Waals surface area (Å²) in [6.45, 7) is 0. The van der Waals surface area contributed by atoms with Gasteiger partial charge in [0.15, 0.2) is 0 Å². The second-order valence-electron chi connectivity index (χ2n) is 3.29. The third-order valence-corrected chi connectivity index (χ3v) is 2.32. The van der Waals surface area contributed by atoms with E-state index < -0.39 is 0 Å². The predicted molar refractivity (Wildman–Crippen MR) is 59.4 cm³/mol. The highest BCUT2D eigenvalue weighted by Gasteiger charge is 2.10. The van der Waals surface area contributed by atoms with Gasteiger partial charge in [-0.25, -0.2) is 0 Å². The van der Waals surface area contributed by atoms with Crippen molar-refractivity contribution in [2.45, 2.75) is 6.04 Å². The number of nitrogens with zero attached hydrogens (tertiary/aromatic N) is 2. The van der Waals surface area contributed by atoms with E-state index in [9.17, 15) is 0 Å². The van der Waals surface area contributed by atoms with Gasteiger partial charge >= 0.3 is 0 Å². The number of hydrogen-bond donors (Lipinski definition) is 1. The highest BCUT2D eigenvalue weighted by Crippen LogP contribution is 2.19. The minimum atomic E-state index is 0.160. The molecule has 0 saturated heterocycles. The summed E-state index contributed by atoms with van der Waals surface area (Å²) in [5.74, 6) is 0. The van der Waals surface area contributed by atoms with Gasteiger partial charge in [0.1, 0.15) is 0 Å². The summed E-state index contributed by atoms with van der Waals surface area (Å²) in [6, 6.07) is 8.15. The molecule has 0 bridgehead atoms. The maximum atomic E-state index is 4.12. The third-order valence-electron chi connectivity index (χ3n) is 2.32. The first-order valence-corrected chi connectivity index (χ1v) is 4.89. The van der Waals surface area contributed by atoms with Gasteiger partial charge in [-0.05, 0) is 30.3 Å². The lowest BCUT2D eigenvalue weighted by atomic mass is 10.0. The Bertz CT molecular complexity index is 360. The van der Waals surface area contributed by atoms with Crippen LogP contribution < -0.4 is 5.32 Å². The number of pyridine rings is 2. The molecule has 0 aromatic carbocycles. The van der Waals surface area contributed by atoms with E-state index in [0.717, 1.165) is 11.1 Å². The third kappa shape index (κ3) is 2.19. The van der Waals surface area contributed by atoms with Gasteiger partial charge in [0.2, 0.25) is 0 Å². The molecule has 0 aliphatic heterocycles. The van der Waals surface area contributed by atoms with Crippen LogP contribution in [0.25, 0.3) is 0 Å². The van der Waals surface area contributed by atoms with Gasteiger partial charge in [0, 0.05) is 24.8 Å². The van der Waals surface area contributed by atoms with Crippen molar-refractivity contribution in [2.24, 2.45) is 0 Å². The number of hydrogen-bond acceptors (Lipinski definition) is 3. The Morgan fingerprint density at radius 1 is 1.00 bits per heavy atom. The zero-order chi connectivity index (χ0) is 10.5. The van der Waals surface area contributed by atoms with Crippen molar-refractivity contribution in [1.29, 1.82) is 0 Å². The molecule has 2 rings (SSSR count). The summed E-state index contributed by atoms with van der Waals surface area (Å²) in [7, 11) is 1.94. The fourth-order valence-corrected chi connectivity index (χ4v) is 1.62. The second-order valence-corrected chi connectivity index (χ2v) is 3.29. The first kappa shape index (κ1) is 9.80. The van der Waals surface area contributed by atoms with Gasteiger partial charge in [-0.2, -0.15) is 0 Å². The van der Waals surface area contributed by atoms with E-state index in [1.165, 1.54) is 0 Å². The highest BCUT2D eigenvalue weighted by molar-refractivity contribution is 5.27. The van der Waals surface area contributed by atoms with Crippen molar-refractivity contribution in [3.63, 3.8) is 0 Å². The topological polar surface area (TPSA) is 37.8 Å². The van der Waals surface area contributed by atoms with Crippen molar-refractivity contribution in [3.8, 4) is 0 Å². The molecular weight excluding hydrogens is 186 g/mol. The molecule has 0 aliphatic rings. The zero-order valence-corrected chi connectivity index (χ0v) is 8.59. The van der Waals surface area contributed by atoms with Crippen LogP contribution in [0.1, 0.15) is 17.2 Å². The average Bonchev–Trinajstić information content (AvgIpc) is 2.33. The Labute approximate surface area is 89.2 Å². The fourth-order valence-electron chi connectivity index (χ4n) is 1.62. The first-order valence-electron chi connectivity index (χ1n) is 4.89. The Morgan fingerprint density at radius 3 is 1.87 bits per heavy atom. The fraction of sp³-hybridized carbons (Fsp3) is 0.167. The molecule has 2 heterocycles. The van der Waals surface area contributed by atoms with E-state index in [-0.39, 0.29) is 6.04 Å². The van der Waals surface area contributed by atoms with E-state index in [2.05, 4.69) is 27.4 Å². The van der Waals surface area contributed by atoms with Crippen LogP contribution in [0.15, 0.2) is 49.1 Å². The largest absolute Gasteiger partial charge is 0.309 e. The van der Waals surface area contributed by atoms with Crippen LogP contribution in [-0.4, -0.2) is 17.0 Å². The van der Waals surface area contributed by atoms with Gasteiger partial charge in [-0.1, -0.05) is 12.1 Å². The van der Waals surface area contributed by atoms with E-state index in [0.29, 0.717) is 0 Å². The Balaban J connectivity index is 2.34. The van der Waals surface area contributed by atoms with Gasteiger partial charge in [0.05, 0.1) is 6.04 Å². The summed E-state index contributed by atoms with van der Waals surface area (Å²) in [6.07, 6.45) is 7.29. The smallest absolute Gasteiger partial charge is 0.0604 e. The molecule has 2 aromatic heterocycles. The molecule has 0 spiro atoms. The van der Waals surface area contributed by atoms with Crippen molar-refractivity contribution < 1.29 is 0 Å². The maximum absolute atomic E-state index is 4.12. The molecule has 0 amide bonds. The highest BCUT2D eigenvalue weighted by atomic mass is 14.9. The summed E-state index contributed by atoms with van der Waals surface area (Å²) in [5.41, 5.74) is 2.29. The lowest BCUT2D eigenvalue weighted by molar-refractivity contribution is 0.686. The molecule has 0 saturated carbocycles. The molecule has 0 radical (unpaired) electrons. The van der Waals surface area contributed by atoms with E-state index >= 15 is 0 Å². The van der Waals surface area contributed by atoms with E-state index in [1.807, 2.05) is 31.6 Å². The van der Waals surface area contributed by atoms with Crippen LogP contribution in [0.4, 0.5) is 0 Å². The second kappa shape index (κ2) is 4.66. The van der Waals surface area contributed by atoms with Crippen LogP contribution in [0.2, 0.25) is 0 Å². The lowest BCUT2D eigenvalue weighted by Gasteiger charge is -2.15. The zero-order valence-electron chi connectivity index (χ0n) is 8.59. The first-order chi connectivity index (χ1) is 7.42. The maximum Gasteiger partial charge on any atom is 0.0604 e. The van der Waals surface area contributed by atoms with Crippen molar-refractivity contribution in [2.75, 3.05) is 7.05 Å². The summed E-state index contributed by atoms with van der Waals surface area (Å²) < 4.78 is 0. The molecule has 0 unspecified atom stereocenters. The number of nitrogens with one attached hydrogen (secondary N) is 1. The monoisotopic (exact) mass is 199 g/mol. The van der Waals surface area contributed by atoms with Gasteiger partial charge in [-0.15, -0.1) is 0 Å². The summed E-state index contributed by atoms with van der Waals surface area (Å²) in [4.78, 5) is 8.24. The molecule has 0 fully saturated rings. The van der Waals surface area contributed by atoms with Crippen LogP contribution in [0.5, 0.6) is 0 Å². The number of aromatic nitrogens is 2. The van der Waals surface area contributed by atoms with Crippen molar-refractivity contribution >= 4 is 0 Å². The average molecular weight is 199 g/mol. The minimum absolute atomic E-state index is 0.160. The molecule has 0 atom stereocenters. The normalized spacial score (nSPS) is 10.5. The van der Waals surface area contributed by atoms with Crippen LogP contribution in [0.3, 0.4) is 0 Å². The van der Waals surface area contributed by atoms with Crippen LogP contribution in [-0.2, 0) is 0 Å². The SMILES string of the molecule is CNC(c1cccnc1)c1cccnc1. The standard InChI is InChI=1S/C12H13N3/c1-13-12(10-4-2-6-14-8-10)11-5-3-7-15-9-11/h2-9,12-13H,1H3. The molecule has 3 heteroatoms. The molecular formula is C12H13N3. The van der Waals surface area contributed by atoms with Crippen LogP contribution in [0, 0.1) is 0 Å². The minimum Gasteiger partial charge on any atom is -0.309 e. The van der Waals surface area contributed by atoms with E-state index in [4.69, 9.17) is 0 Å². The molecule has 1 N–H and O–H groups in total. The molecule has 76 valence electrons. The Morgan fingerprint density at radius 2 is 1.53 bits per heavy atom. The molecule has 3 nitrogen and oxygen atoms in total. The number of rotatable bonds is 3. The summed E-state index contributed by atoms with van der Waals surface area (Å²) >= 11 is 0. The van der Waals surface area contributed by atoms with Gasteiger partial charge < -0.3 is 5.32 Å². The van der Waals surface area contributed by atoms with Crippen molar-refractivity contribution in [3.05, 3.63) is 60.2 Å². The molecule has 0 aliphatic carbocycles.